The highest BCUT2D eigenvalue weighted by molar-refractivity contribution is 6.99. The van der Waals surface area contributed by atoms with Crippen molar-refractivity contribution in [2.24, 2.45) is 0 Å². The summed E-state index contributed by atoms with van der Waals surface area (Å²) in [5, 5.41) is 4.38. The molecule has 0 aliphatic heterocycles. The van der Waals surface area contributed by atoms with Gasteiger partial charge in [0.05, 0.1) is 30.0 Å². The van der Waals surface area contributed by atoms with Gasteiger partial charge in [0.25, 0.3) is 0 Å². The SMILES string of the molecule is CCC(C)n1ccc(CC(=O)c2cnsn2)n1. The molecule has 0 N–H and O–H groups in total. The van der Waals surface area contributed by atoms with Crippen LogP contribution >= 0.6 is 11.7 Å². The lowest BCUT2D eigenvalue weighted by Crippen LogP contribution is -2.08. The number of Topliss-reactive ketones (excluding diaryl/α,β-unsaturated/α-hetero) is 1. The van der Waals surface area contributed by atoms with E-state index in [2.05, 4.69) is 27.7 Å². The van der Waals surface area contributed by atoms with E-state index >= 15 is 0 Å². The number of hydrogen-bond donors (Lipinski definition) is 0. The van der Waals surface area contributed by atoms with E-state index in [-0.39, 0.29) is 12.2 Å². The van der Waals surface area contributed by atoms with Gasteiger partial charge in [-0.15, -0.1) is 0 Å². The van der Waals surface area contributed by atoms with E-state index in [1.165, 1.54) is 6.20 Å². The summed E-state index contributed by atoms with van der Waals surface area (Å²) in [6.07, 6.45) is 4.72. The average molecular weight is 250 g/mol. The molecule has 5 nitrogen and oxygen atoms in total. The Balaban J connectivity index is 2.04. The third-order valence-corrected chi connectivity index (χ3v) is 3.17. The summed E-state index contributed by atoms with van der Waals surface area (Å²) in [5.74, 6) is -0.0341. The van der Waals surface area contributed by atoms with Crippen LogP contribution in [0.4, 0.5) is 0 Å². The highest BCUT2D eigenvalue weighted by atomic mass is 32.1. The van der Waals surface area contributed by atoms with E-state index < -0.39 is 0 Å². The van der Waals surface area contributed by atoms with Gasteiger partial charge in [-0.25, -0.2) is 0 Å². The van der Waals surface area contributed by atoms with Crippen LogP contribution in [0.25, 0.3) is 0 Å². The second-order valence-electron chi connectivity index (χ2n) is 3.94. The first-order valence-corrected chi connectivity index (χ1v) is 6.28. The van der Waals surface area contributed by atoms with Gasteiger partial charge in [0.1, 0.15) is 5.69 Å². The molecule has 0 fully saturated rings. The minimum absolute atomic E-state index is 0.0341. The molecule has 2 aromatic heterocycles. The molecule has 0 saturated heterocycles. The molecule has 2 rings (SSSR count). The fourth-order valence-corrected chi connectivity index (χ4v) is 1.88. The van der Waals surface area contributed by atoms with Crippen molar-refractivity contribution >= 4 is 17.5 Å². The molecule has 6 heteroatoms. The van der Waals surface area contributed by atoms with E-state index in [4.69, 9.17) is 0 Å². The smallest absolute Gasteiger partial charge is 0.189 e. The van der Waals surface area contributed by atoms with Crippen molar-refractivity contribution in [3.05, 3.63) is 29.8 Å². The minimum atomic E-state index is -0.0341. The third kappa shape index (κ3) is 2.76. The van der Waals surface area contributed by atoms with Crippen LogP contribution in [0.2, 0.25) is 0 Å². The minimum Gasteiger partial charge on any atom is -0.292 e. The van der Waals surface area contributed by atoms with E-state index in [0.717, 1.165) is 23.8 Å². The molecule has 1 atom stereocenters. The maximum Gasteiger partial charge on any atom is 0.189 e. The van der Waals surface area contributed by atoms with E-state index in [0.29, 0.717) is 11.7 Å². The van der Waals surface area contributed by atoms with Gasteiger partial charge in [0.15, 0.2) is 5.78 Å². The van der Waals surface area contributed by atoms with Crippen LogP contribution in [0, 0.1) is 0 Å². The molecule has 17 heavy (non-hydrogen) atoms. The number of nitrogens with zero attached hydrogens (tertiary/aromatic N) is 4. The van der Waals surface area contributed by atoms with Gasteiger partial charge in [-0.2, -0.15) is 13.8 Å². The largest absolute Gasteiger partial charge is 0.292 e. The Morgan fingerprint density at radius 3 is 3.06 bits per heavy atom. The van der Waals surface area contributed by atoms with E-state index in [1.54, 1.807) is 0 Å². The molecule has 0 spiro atoms. The topological polar surface area (TPSA) is 60.7 Å². The first kappa shape index (κ1) is 11.9. The molecule has 0 aromatic carbocycles. The van der Waals surface area contributed by atoms with Crippen LogP contribution in [0.1, 0.15) is 42.5 Å². The van der Waals surface area contributed by atoms with Crippen molar-refractivity contribution in [3.63, 3.8) is 0 Å². The van der Waals surface area contributed by atoms with Crippen molar-refractivity contribution in [2.45, 2.75) is 32.7 Å². The van der Waals surface area contributed by atoms with Gasteiger partial charge in [0.2, 0.25) is 0 Å². The van der Waals surface area contributed by atoms with Crippen molar-refractivity contribution in [3.8, 4) is 0 Å². The highest BCUT2D eigenvalue weighted by Crippen LogP contribution is 2.10. The lowest BCUT2D eigenvalue weighted by Gasteiger charge is -2.07. The summed E-state index contributed by atoms with van der Waals surface area (Å²) in [5.41, 5.74) is 1.20. The van der Waals surface area contributed by atoms with Crippen LogP contribution in [0.5, 0.6) is 0 Å². The van der Waals surface area contributed by atoms with Crippen LogP contribution in [0.3, 0.4) is 0 Å². The van der Waals surface area contributed by atoms with Crippen LogP contribution in [-0.4, -0.2) is 24.3 Å². The third-order valence-electron chi connectivity index (χ3n) is 2.69. The first-order chi connectivity index (χ1) is 8.20. The molecule has 2 heterocycles. The van der Waals surface area contributed by atoms with Crippen LogP contribution in [-0.2, 0) is 6.42 Å². The molecule has 0 amide bonds. The van der Waals surface area contributed by atoms with E-state index in [1.807, 2.05) is 16.9 Å². The second kappa shape index (κ2) is 5.18. The van der Waals surface area contributed by atoms with Crippen LogP contribution in [0.15, 0.2) is 18.5 Å². The van der Waals surface area contributed by atoms with E-state index in [9.17, 15) is 4.79 Å². The Labute approximate surface area is 104 Å². The van der Waals surface area contributed by atoms with Crippen molar-refractivity contribution in [1.29, 1.82) is 0 Å². The number of carbonyl (C=O) groups is 1. The fourth-order valence-electron chi connectivity index (χ4n) is 1.45. The zero-order valence-corrected chi connectivity index (χ0v) is 10.6. The number of rotatable bonds is 5. The monoisotopic (exact) mass is 250 g/mol. The maximum absolute atomic E-state index is 11.8. The van der Waals surface area contributed by atoms with Gasteiger partial charge in [-0.1, -0.05) is 6.92 Å². The Hall–Kier alpha value is -1.56. The standard InChI is InChI=1S/C11H14N4OS/c1-3-8(2)15-5-4-9(13-15)6-11(16)10-7-12-17-14-10/h4-5,7-8H,3,6H2,1-2H3. The highest BCUT2D eigenvalue weighted by Gasteiger charge is 2.12. The van der Waals surface area contributed by atoms with Gasteiger partial charge in [-0.05, 0) is 19.4 Å². The summed E-state index contributed by atoms with van der Waals surface area (Å²) < 4.78 is 9.62. The van der Waals surface area contributed by atoms with Gasteiger partial charge in [-0.3, -0.25) is 9.48 Å². The van der Waals surface area contributed by atoms with Crippen molar-refractivity contribution in [2.75, 3.05) is 0 Å². The Kier molecular flexibility index (Phi) is 3.63. The predicted octanol–water partition coefficient (Wildman–Crippen LogP) is 2.13. The van der Waals surface area contributed by atoms with Gasteiger partial charge < -0.3 is 0 Å². The lowest BCUT2D eigenvalue weighted by molar-refractivity contribution is 0.0988. The summed E-state index contributed by atoms with van der Waals surface area (Å²) in [4.78, 5) is 11.8. The predicted molar refractivity (Wildman–Crippen MR) is 65.2 cm³/mol. The maximum atomic E-state index is 11.8. The molecular weight excluding hydrogens is 236 g/mol. The van der Waals surface area contributed by atoms with Crippen molar-refractivity contribution in [1.82, 2.24) is 18.5 Å². The van der Waals surface area contributed by atoms with Gasteiger partial charge in [0, 0.05) is 12.2 Å². The Morgan fingerprint density at radius 1 is 1.59 bits per heavy atom. The normalized spacial score (nSPS) is 12.6. The molecular formula is C11H14N4OS. The summed E-state index contributed by atoms with van der Waals surface area (Å²) in [6, 6.07) is 2.24. The molecule has 1 unspecified atom stereocenters. The van der Waals surface area contributed by atoms with Gasteiger partial charge >= 0.3 is 0 Å². The molecule has 0 saturated carbocycles. The quantitative estimate of drug-likeness (QED) is 0.763. The fraction of sp³-hybridized carbons (Fsp3) is 0.455. The second-order valence-corrected chi connectivity index (χ2v) is 4.49. The number of ketones is 1. The average Bonchev–Trinajstić information content (AvgIpc) is 2.98. The molecule has 2 aromatic rings. The number of hydrogen-bond acceptors (Lipinski definition) is 5. The number of carbonyl (C=O) groups excluding carboxylic acids is 1. The zero-order chi connectivity index (χ0) is 12.3. The summed E-state index contributed by atoms with van der Waals surface area (Å²) in [7, 11) is 0. The lowest BCUT2D eigenvalue weighted by atomic mass is 10.2. The molecule has 0 radical (unpaired) electrons. The first-order valence-electron chi connectivity index (χ1n) is 5.55. The zero-order valence-electron chi connectivity index (χ0n) is 9.83. The summed E-state index contributed by atoms with van der Waals surface area (Å²) in [6.45, 7) is 4.21. The van der Waals surface area contributed by atoms with Crippen LogP contribution < -0.4 is 0 Å². The Bertz CT molecular complexity index is 491. The van der Waals surface area contributed by atoms with Crippen molar-refractivity contribution < 1.29 is 4.79 Å². The number of aromatic nitrogens is 4. The molecule has 0 bridgehead atoms. The molecule has 0 aliphatic carbocycles. The molecule has 0 aliphatic rings. The molecule has 90 valence electrons. The summed E-state index contributed by atoms with van der Waals surface area (Å²) >= 11 is 1.05. The Morgan fingerprint density at radius 2 is 2.41 bits per heavy atom.